The maximum Gasteiger partial charge on any atom is 0.256 e. The third-order valence-corrected chi connectivity index (χ3v) is 3.96. The summed E-state index contributed by atoms with van der Waals surface area (Å²) in [4.78, 5) is 14.6. The van der Waals surface area contributed by atoms with Crippen LogP contribution >= 0.6 is 0 Å². The van der Waals surface area contributed by atoms with E-state index >= 15 is 0 Å². The predicted octanol–water partition coefficient (Wildman–Crippen LogP) is 2.99. The van der Waals surface area contributed by atoms with Crippen molar-refractivity contribution < 1.29 is 4.79 Å². The average molecular weight is 295 g/mol. The van der Waals surface area contributed by atoms with Crippen LogP contribution in [0.5, 0.6) is 0 Å². The van der Waals surface area contributed by atoms with Gasteiger partial charge in [0.25, 0.3) is 5.91 Å². The Kier molecular flexibility index (Phi) is 4.39. The highest BCUT2D eigenvalue weighted by atomic mass is 16.2. The van der Waals surface area contributed by atoms with Gasteiger partial charge in [0.2, 0.25) is 0 Å². The van der Waals surface area contributed by atoms with Crippen molar-refractivity contribution in [3.05, 3.63) is 60.2 Å². The Labute approximate surface area is 130 Å². The minimum absolute atomic E-state index is 0.0502. The number of nitrogens with two attached hydrogens (primary N) is 1. The minimum Gasteiger partial charge on any atom is -0.355 e. The lowest BCUT2D eigenvalue weighted by atomic mass is 10.0. The predicted molar refractivity (Wildman–Crippen MR) is 89.3 cm³/mol. The summed E-state index contributed by atoms with van der Waals surface area (Å²) in [6, 6.07) is 17.6. The summed E-state index contributed by atoms with van der Waals surface area (Å²) in [5.74, 6) is 0.0502. The van der Waals surface area contributed by atoms with Gasteiger partial charge < -0.3 is 16.0 Å². The van der Waals surface area contributed by atoms with E-state index in [9.17, 15) is 4.79 Å². The van der Waals surface area contributed by atoms with Crippen molar-refractivity contribution in [2.75, 3.05) is 18.4 Å². The molecule has 22 heavy (non-hydrogen) atoms. The van der Waals surface area contributed by atoms with E-state index in [1.807, 2.05) is 59.5 Å². The van der Waals surface area contributed by atoms with E-state index < -0.39 is 0 Å². The molecule has 0 aliphatic carbocycles. The van der Waals surface area contributed by atoms with Crippen LogP contribution in [0.25, 0.3) is 0 Å². The van der Waals surface area contributed by atoms with Crippen LogP contribution in [0.2, 0.25) is 0 Å². The van der Waals surface area contributed by atoms with Gasteiger partial charge in [-0.3, -0.25) is 4.79 Å². The van der Waals surface area contributed by atoms with Gasteiger partial charge in [0.1, 0.15) is 0 Å². The quantitative estimate of drug-likeness (QED) is 0.915. The van der Waals surface area contributed by atoms with Gasteiger partial charge in [-0.2, -0.15) is 0 Å². The largest absolute Gasteiger partial charge is 0.355 e. The summed E-state index contributed by atoms with van der Waals surface area (Å²) in [6.07, 6.45) is 1.97. The first-order valence-electron chi connectivity index (χ1n) is 7.70. The van der Waals surface area contributed by atoms with Crippen molar-refractivity contribution in [3.63, 3.8) is 0 Å². The summed E-state index contributed by atoms with van der Waals surface area (Å²) in [5.41, 5.74) is 8.49. The fraction of sp³-hybridized carbons (Fsp3) is 0.278. The highest BCUT2D eigenvalue weighted by Gasteiger charge is 2.23. The zero-order valence-corrected chi connectivity index (χ0v) is 12.5. The number of hydrogen-bond acceptors (Lipinski definition) is 3. The van der Waals surface area contributed by atoms with Crippen LogP contribution in [-0.2, 0) is 0 Å². The van der Waals surface area contributed by atoms with E-state index in [1.165, 1.54) is 0 Å². The molecule has 1 atom stereocenters. The molecule has 1 unspecified atom stereocenters. The number of likely N-dealkylation sites (tertiary alicyclic amines) is 1. The van der Waals surface area contributed by atoms with Gasteiger partial charge in [-0.1, -0.05) is 30.3 Å². The molecule has 1 fully saturated rings. The van der Waals surface area contributed by atoms with E-state index in [1.54, 1.807) is 0 Å². The minimum atomic E-state index is 0.0502. The van der Waals surface area contributed by atoms with Gasteiger partial charge in [-0.05, 0) is 37.1 Å². The molecule has 0 spiro atoms. The standard InChI is InChI=1S/C18H21N3O/c19-14-7-6-12-21(13-14)18(22)16-10-4-5-11-17(16)20-15-8-2-1-3-9-15/h1-5,8-11,14,20H,6-7,12-13,19H2. The molecule has 1 aliphatic rings. The molecule has 0 aromatic heterocycles. The Bertz CT molecular complexity index is 642. The van der Waals surface area contributed by atoms with E-state index in [0.29, 0.717) is 12.1 Å². The highest BCUT2D eigenvalue weighted by molar-refractivity contribution is 6.00. The average Bonchev–Trinajstić information content (AvgIpc) is 2.56. The number of amides is 1. The zero-order valence-electron chi connectivity index (χ0n) is 12.5. The second kappa shape index (κ2) is 6.62. The van der Waals surface area contributed by atoms with Gasteiger partial charge in [0.15, 0.2) is 0 Å². The van der Waals surface area contributed by atoms with Gasteiger partial charge >= 0.3 is 0 Å². The molecule has 0 radical (unpaired) electrons. The van der Waals surface area contributed by atoms with Crippen LogP contribution in [0.4, 0.5) is 11.4 Å². The lowest BCUT2D eigenvalue weighted by Gasteiger charge is -2.31. The number of rotatable bonds is 3. The third-order valence-electron chi connectivity index (χ3n) is 3.96. The molecular weight excluding hydrogens is 274 g/mol. The number of benzene rings is 2. The molecule has 0 saturated carbocycles. The number of carbonyl (C=O) groups is 1. The molecule has 4 heteroatoms. The van der Waals surface area contributed by atoms with Crippen LogP contribution < -0.4 is 11.1 Å². The summed E-state index contributed by atoms with van der Waals surface area (Å²) in [5, 5.41) is 3.32. The SMILES string of the molecule is NC1CCCN(C(=O)c2ccccc2Nc2ccccc2)C1. The lowest BCUT2D eigenvalue weighted by molar-refractivity contribution is 0.0710. The number of nitrogens with one attached hydrogen (secondary N) is 1. The summed E-state index contributed by atoms with van der Waals surface area (Å²) in [7, 11) is 0. The molecular formula is C18H21N3O. The summed E-state index contributed by atoms with van der Waals surface area (Å²) in [6.45, 7) is 1.42. The topological polar surface area (TPSA) is 58.4 Å². The summed E-state index contributed by atoms with van der Waals surface area (Å²) >= 11 is 0. The van der Waals surface area contributed by atoms with E-state index in [-0.39, 0.29) is 11.9 Å². The molecule has 4 nitrogen and oxygen atoms in total. The van der Waals surface area contributed by atoms with Gasteiger partial charge in [0, 0.05) is 24.8 Å². The van der Waals surface area contributed by atoms with Crippen molar-refractivity contribution in [1.82, 2.24) is 4.90 Å². The molecule has 1 saturated heterocycles. The molecule has 1 amide bonds. The van der Waals surface area contributed by atoms with Crippen molar-refractivity contribution in [3.8, 4) is 0 Å². The van der Waals surface area contributed by atoms with Crippen LogP contribution in [-0.4, -0.2) is 29.9 Å². The molecule has 3 rings (SSSR count). The van der Waals surface area contributed by atoms with Gasteiger partial charge in [-0.25, -0.2) is 0 Å². The number of anilines is 2. The Balaban J connectivity index is 1.83. The first-order valence-corrected chi connectivity index (χ1v) is 7.70. The smallest absolute Gasteiger partial charge is 0.256 e. The Morgan fingerprint density at radius 1 is 1.09 bits per heavy atom. The number of piperidine rings is 1. The molecule has 1 aliphatic heterocycles. The molecule has 1 heterocycles. The van der Waals surface area contributed by atoms with Gasteiger partial charge in [0.05, 0.1) is 11.3 Å². The van der Waals surface area contributed by atoms with Crippen LogP contribution in [0.15, 0.2) is 54.6 Å². The van der Waals surface area contributed by atoms with E-state index in [2.05, 4.69) is 5.32 Å². The Morgan fingerprint density at radius 3 is 2.59 bits per heavy atom. The molecule has 0 bridgehead atoms. The van der Waals surface area contributed by atoms with E-state index in [4.69, 9.17) is 5.73 Å². The second-order valence-corrected chi connectivity index (χ2v) is 5.69. The lowest BCUT2D eigenvalue weighted by Crippen LogP contribution is -2.45. The van der Waals surface area contributed by atoms with Crippen LogP contribution in [0.1, 0.15) is 23.2 Å². The van der Waals surface area contributed by atoms with Crippen molar-refractivity contribution in [2.24, 2.45) is 5.73 Å². The molecule has 3 N–H and O–H groups in total. The number of hydrogen-bond donors (Lipinski definition) is 2. The first-order chi connectivity index (χ1) is 10.7. The van der Waals surface area contributed by atoms with Crippen molar-refractivity contribution >= 4 is 17.3 Å². The fourth-order valence-corrected chi connectivity index (χ4v) is 2.82. The molecule has 2 aromatic rings. The number of nitrogens with zero attached hydrogens (tertiary/aromatic N) is 1. The van der Waals surface area contributed by atoms with Crippen LogP contribution in [0, 0.1) is 0 Å². The molecule has 114 valence electrons. The van der Waals surface area contributed by atoms with Crippen LogP contribution in [0.3, 0.4) is 0 Å². The first kappa shape index (κ1) is 14.6. The maximum absolute atomic E-state index is 12.8. The Hall–Kier alpha value is -2.33. The maximum atomic E-state index is 12.8. The number of para-hydroxylation sites is 2. The second-order valence-electron chi connectivity index (χ2n) is 5.69. The van der Waals surface area contributed by atoms with Crippen molar-refractivity contribution in [2.45, 2.75) is 18.9 Å². The summed E-state index contributed by atoms with van der Waals surface area (Å²) < 4.78 is 0. The zero-order chi connectivity index (χ0) is 15.4. The third kappa shape index (κ3) is 3.28. The van der Waals surface area contributed by atoms with Crippen molar-refractivity contribution in [1.29, 1.82) is 0 Å². The normalized spacial score (nSPS) is 18.0. The van der Waals surface area contributed by atoms with E-state index in [0.717, 1.165) is 30.8 Å². The Morgan fingerprint density at radius 2 is 1.82 bits per heavy atom. The monoisotopic (exact) mass is 295 g/mol. The fourth-order valence-electron chi connectivity index (χ4n) is 2.82. The highest BCUT2D eigenvalue weighted by Crippen LogP contribution is 2.23. The number of carbonyl (C=O) groups excluding carboxylic acids is 1. The van der Waals surface area contributed by atoms with Gasteiger partial charge in [-0.15, -0.1) is 0 Å². The molecule has 2 aromatic carbocycles.